The molecule has 0 amide bonds. The number of aliphatic hydroxyl groups is 1. The second-order valence-corrected chi connectivity index (χ2v) is 5.64. The quantitative estimate of drug-likeness (QED) is 0.843. The predicted octanol–water partition coefficient (Wildman–Crippen LogP) is 3.82. The molecule has 1 rings (SSSR count). The van der Waals surface area contributed by atoms with Crippen LogP contribution in [0.25, 0.3) is 0 Å². The lowest BCUT2D eigenvalue weighted by molar-refractivity contribution is 0.193. The van der Waals surface area contributed by atoms with E-state index in [9.17, 15) is 5.11 Å². The van der Waals surface area contributed by atoms with Crippen molar-refractivity contribution in [3.05, 3.63) is 28.8 Å². The predicted molar refractivity (Wildman–Crippen MR) is 74.8 cm³/mol. The number of ether oxygens (including phenoxy) is 1. The van der Waals surface area contributed by atoms with Gasteiger partial charge in [-0.3, -0.25) is 0 Å². The minimum atomic E-state index is -0.616. The highest BCUT2D eigenvalue weighted by Crippen LogP contribution is 2.28. The zero-order valence-electron chi connectivity index (χ0n) is 11.2. The molecular formula is C15H19ClO2. The number of hydrogen-bond donors (Lipinski definition) is 1. The molecule has 0 spiro atoms. The largest absolute Gasteiger partial charge is 0.481 e. The van der Waals surface area contributed by atoms with Gasteiger partial charge >= 0.3 is 0 Å². The van der Waals surface area contributed by atoms with Crippen LogP contribution in [0.4, 0.5) is 0 Å². The van der Waals surface area contributed by atoms with Gasteiger partial charge < -0.3 is 9.84 Å². The lowest BCUT2D eigenvalue weighted by Gasteiger charge is -2.12. The Kier molecular flexibility index (Phi) is 5.07. The Morgan fingerprint density at radius 1 is 1.39 bits per heavy atom. The van der Waals surface area contributed by atoms with Gasteiger partial charge in [-0.2, -0.15) is 0 Å². The molecule has 0 fully saturated rings. The van der Waals surface area contributed by atoms with E-state index < -0.39 is 6.10 Å². The number of halogens is 1. The molecule has 2 nitrogen and oxygen atoms in total. The van der Waals surface area contributed by atoms with Gasteiger partial charge in [0.1, 0.15) is 12.4 Å². The topological polar surface area (TPSA) is 29.5 Å². The van der Waals surface area contributed by atoms with Crippen LogP contribution in [0.1, 0.15) is 39.4 Å². The Labute approximate surface area is 114 Å². The molecule has 0 radical (unpaired) electrons. The van der Waals surface area contributed by atoms with Gasteiger partial charge in [-0.15, -0.1) is 0 Å². The van der Waals surface area contributed by atoms with E-state index in [0.717, 1.165) is 0 Å². The monoisotopic (exact) mass is 266 g/mol. The van der Waals surface area contributed by atoms with Crippen LogP contribution in [-0.2, 0) is 0 Å². The highest BCUT2D eigenvalue weighted by atomic mass is 35.5. The maximum atomic E-state index is 9.64. The van der Waals surface area contributed by atoms with Crippen LogP contribution in [0, 0.1) is 17.3 Å². The average molecular weight is 267 g/mol. The van der Waals surface area contributed by atoms with Crippen molar-refractivity contribution in [2.45, 2.75) is 33.8 Å². The fourth-order valence-corrected chi connectivity index (χ4v) is 1.57. The summed E-state index contributed by atoms with van der Waals surface area (Å²) in [6, 6.07) is 5.20. The summed E-state index contributed by atoms with van der Waals surface area (Å²) < 4.78 is 5.56. The van der Waals surface area contributed by atoms with Crippen molar-refractivity contribution in [1.82, 2.24) is 0 Å². The van der Waals surface area contributed by atoms with Crippen molar-refractivity contribution < 1.29 is 9.84 Å². The minimum absolute atomic E-state index is 0.0313. The van der Waals surface area contributed by atoms with E-state index in [-0.39, 0.29) is 5.41 Å². The molecule has 0 saturated heterocycles. The van der Waals surface area contributed by atoms with Gasteiger partial charge in [0.05, 0.1) is 6.10 Å². The van der Waals surface area contributed by atoms with Crippen molar-refractivity contribution in [3.63, 3.8) is 0 Å². The Hall–Kier alpha value is -1.17. The summed E-state index contributed by atoms with van der Waals surface area (Å²) in [7, 11) is 0. The third-order valence-electron chi connectivity index (χ3n) is 2.19. The van der Waals surface area contributed by atoms with Gasteiger partial charge in [0, 0.05) is 16.0 Å². The van der Waals surface area contributed by atoms with E-state index in [1.807, 2.05) is 20.8 Å². The van der Waals surface area contributed by atoms with Crippen LogP contribution >= 0.6 is 11.6 Å². The first-order chi connectivity index (χ1) is 8.29. The summed E-state index contributed by atoms with van der Waals surface area (Å²) >= 11 is 5.89. The molecule has 18 heavy (non-hydrogen) atoms. The number of hydrogen-bond acceptors (Lipinski definition) is 2. The van der Waals surface area contributed by atoms with Crippen LogP contribution in [0.2, 0.25) is 5.02 Å². The van der Waals surface area contributed by atoms with Crippen molar-refractivity contribution in [3.8, 4) is 17.6 Å². The van der Waals surface area contributed by atoms with Crippen LogP contribution in [0.3, 0.4) is 0 Å². The molecule has 0 bridgehead atoms. The van der Waals surface area contributed by atoms with E-state index in [1.165, 1.54) is 0 Å². The second-order valence-electron chi connectivity index (χ2n) is 5.20. The first-order valence-electron chi connectivity index (χ1n) is 5.90. The summed E-state index contributed by atoms with van der Waals surface area (Å²) in [5.74, 6) is 6.68. The van der Waals surface area contributed by atoms with Gasteiger partial charge in [-0.25, -0.2) is 0 Å². The molecule has 0 aliphatic rings. The summed E-state index contributed by atoms with van der Waals surface area (Å²) in [4.78, 5) is 0. The molecule has 0 unspecified atom stereocenters. The Balaban J connectivity index is 2.75. The van der Waals surface area contributed by atoms with Crippen LogP contribution in [0.5, 0.6) is 5.75 Å². The highest BCUT2D eigenvalue weighted by Gasteiger charge is 2.09. The van der Waals surface area contributed by atoms with Crippen LogP contribution in [-0.4, -0.2) is 11.7 Å². The lowest BCUT2D eigenvalue weighted by Crippen LogP contribution is -2.03. The molecule has 0 aromatic heterocycles. The normalized spacial score (nSPS) is 12.6. The van der Waals surface area contributed by atoms with Gasteiger partial charge in [0.15, 0.2) is 0 Å². The van der Waals surface area contributed by atoms with Crippen molar-refractivity contribution in [2.24, 2.45) is 5.41 Å². The molecule has 0 aliphatic heterocycles. The molecule has 0 heterocycles. The fraction of sp³-hybridized carbons (Fsp3) is 0.467. The summed E-state index contributed by atoms with van der Waals surface area (Å²) in [5.41, 5.74) is 0.649. The Morgan fingerprint density at radius 2 is 2.06 bits per heavy atom. The van der Waals surface area contributed by atoms with Gasteiger partial charge in [0.2, 0.25) is 0 Å². The van der Waals surface area contributed by atoms with E-state index in [2.05, 4.69) is 11.8 Å². The molecule has 1 N–H and O–H groups in total. The van der Waals surface area contributed by atoms with Crippen LogP contribution < -0.4 is 4.74 Å². The fourth-order valence-electron chi connectivity index (χ4n) is 1.39. The first-order valence-corrected chi connectivity index (χ1v) is 6.28. The van der Waals surface area contributed by atoms with E-state index in [0.29, 0.717) is 22.9 Å². The average Bonchev–Trinajstić information content (AvgIpc) is 2.24. The van der Waals surface area contributed by atoms with E-state index >= 15 is 0 Å². The van der Waals surface area contributed by atoms with E-state index in [1.54, 1.807) is 25.1 Å². The van der Waals surface area contributed by atoms with E-state index in [4.69, 9.17) is 16.3 Å². The number of aliphatic hydroxyl groups excluding tert-OH is 1. The Morgan fingerprint density at radius 3 is 2.61 bits per heavy atom. The van der Waals surface area contributed by atoms with Gasteiger partial charge in [-0.1, -0.05) is 23.4 Å². The number of benzene rings is 1. The first kappa shape index (κ1) is 14.9. The maximum Gasteiger partial charge on any atom is 0.149 e. The standard InChI is InChI=1S/C15H19ClO2/c1-11(17)13-10-12(16)6-7-14(13)18-9-5-8-15(2,3)4/h6-7,10-11,17H,9H2,1-4H3/t11-/m0/s1. The Bertz CT molecular complexity index is 462. The lowest BCUT2D eigenvalue weighted by atomic mass is 9.98. The molecule has 1 aromatic carbocycles. The minimum Gasteiger partial charge on any atom is -0.481 e. The molecule has 3 heteroatoms. The molecule has 1 atom stereocenters. The molecular weight excluding hydrogens is 248 g/mol. The van der Waals surface area contributed by atoms with Gasteiger partial charge in [-0.05, 0) is 45.9 Å². The summed E-state index contributed by atoms with van der Waals surface area (Å²) in [5, 5.41) is 10.2. The second kappa shape index (κ2) is 6.13. The smallest absolute Gasteiger partial charge is 0.149 e. The third kappa shape index (κ3) is 5.00. The molecule has 98 valence electrons. The third-order valence-corrected chi connectivity index (χ3v) is 2.42. The molecule has 1 aromatic rings. The maximum absolute atomic E-state index is 9.64. The molecule has 0 aliphatic carbocycles. The van der Waals surface area contributed by atoms with Crippen LogP contribution in [0.15, 0.2) is 18.2 Å². The SMILES string of the molecule is C[C@H](O)c1cc(Cl)ccc1OCC#CC(C)(C)C. The summed E-state index contributed by atoms with van der Waals surface area (Å²) in [6.07, 6.45) is -0.616. The van der Waals surface area contributed by atoms with Crippen molar-refractivity contribution >= 4 is 11.6 Å². The molecule has 0 saturated carbocycles. The van der Waals surface area contributed by atoms with Crippen molar-refractivity contribution in [2.75, 3.05) is 6.61 Å². The zero-order chi connectivity index (χ0) is 13.8. The number of rotatable bonds is 3. The highest BCUT2D eigenvalue weighted by molar-refractivity contribution is 6.30. The zero-order valence-corrected chi connectivity index (χ0v) is 12.0. The van der Waals surface area contributed by atoms with Gasteiger partial charge in [0.25, 0.3) is 0 Å². The summed E-state index contributed by atoms with van der Waals surface area (Å²) in [6.45, 7) is 8.12. The van der Waals surface area contributed by atoms with Crippen molar-refractivity contribution in [1.29, 1.82) is 0 Å².